The summed E-state index contributed by atoms with van der Waals surface area (Å²) in [6.07, 6.45) is 2.35. The van der Waals surface area contributed by atoms with Crippen LogP contribution in [0.4, 0.5) is 0 Å². The van der Waals surface area contributed by atoms with E-state index in [9.17, 15) is 24.6 Å². The molecule has 0 aliphatic rings. The Kier molecular flexibility index (Phi) is 4.07. The molecule has 0 bridgehead atoms. The number of hydrogen-bond donors (Lipinski definition) is 0. The topological polar surface area (TPSA) is 97.3 Å². The molecule has 12 heavy (non-hydrogen) atoms. The lowest BCUT2D eigenvalue weighted by Crippen LogP contribution is -2.19. The van der Waals surface area contributed by atoms with E-state index in [1.54, 1.807) is 0 Å². The Morgan fingerprint density at radius 1 is 0.750 bits per heavy atom. The molecule has 0 aromatic carbocycles. The summed E-state index contributed by atoms with van der Waals surface area (Å²) in [5, 5.41) is 19.5. The van der Waals surface area contributed by atoms with Gasteiger partial charge in [0.2, 0.25) is 0 Å². The fraction of sp³-hybridized carbons (Fsp3) is 0. The highest BCUT2D eigenvalue weighted by molar-refractivity contribution is 6.04. The molecule has 0 atom stereocenters. The fourth-order valence-corrected chi connectivity index (χ4v) is 0.356. The van der Waals surface area contributed by atoms with Gasteiger partial charge in [-0.25, -0.2) is 0 Å². The molecule has 0 radical (unpaired) electrons. The van der Waals surface area contributed by atoms with Gasteiger partial charge in [0.25, 0.3) is 0 Å². The predicted octanol–water partition coefficient (Wildman–Crippen LogP) is -2.83. The Morgan fingerprint density at radius 2 is 1.08 bits per heavy atom. The zero-order valence-corrected chi connectivity index (χ0v) is 5.85. The van der Waals surface area contributed by atoms with Gasteiger partial charge in [-0.3, -0.25) is 4.79 Å². The molecule has 0 aromatic heterocycles. The zero-order valence-electron chi connectivity index (χ0n) is 5.85. The third-order valence-corrected chi connectivity index (χ3v) is 0.767. The summed E-state index contributed by atoms with van der Waals surface area (Å²) >= 11 is 0. The van der Waals surface area contributed by atoms with Crippen molar-refractivity contribution in [3.8, 4) is 0 Å². The van der Waals surface area contributed by atoms with Crippen LogP contribution in [0, 0.1) is 0 Å². The van der Waals surface area contributed by atoms with Gasteiger partial charge in [-0.05, 0) is 24.3 Å². The van der Waals surface area contributed by atoms with Crippen LogP contribution in [0.1, 0.15) is 0 Å². The standard InChI is InChI=1S/C7H6O5/c8-5(1-3-6(9)10)2-4-7(11)12/h1-4H,(H,9,10)(H,11,12)/p-2/b3-1+,4-2?. The fourth-order valence-electron chi connectivity index (χ4n) is 0.356. The highest BCUT2D eigenvalue weighted by Crippen LogP contribution is 1.79. The van der Waals surface area contributed by atoms with E-state index in [-0.39, 0.29) is 0 Å². The first kappa shape index (κ1) is 10.1. The number of carbonyl (C=O) groups excluding carboxylic acids is 3. The molecule has 5 heteroatoms. The maximum atomic E-state index is 10.5. The summed E-state index contributed by atoms with van der Waals surface area (Å²) < 4.78 is 0. The molecular weight excluding hydrogens is 164 g/mol. The lowest BCUT2D eigenvalue weighted by atomic mass is 10.3. The number of rotatable bonds is 4. The summed E-state index contributed by atoms with van der Waals surface area (Å²) in [5.41, 5.74) is 0. The quantitative estimate of drug-likeness (QED) is 0.421. The molecule has 0 aromatic rings. The lowest BCUT2D eigenvalue weighted by Gasteiger charge is -1.89. The van der Waals surface area contributed by atoms with E-state index < -0.39 is 17.7 Å². The first-order chi connectivity index (χ1) is 5.52. The Bertz CT molecular complexity index is 235. The van der Waals surface area contributed by atoms with Crippen LogP contribution in [0.3, 0.4) is 0 Å². The van der Waals surface area contributed by atoms with Gasteiger partial charge in [0.15, 0.2) is 5.78 Å². The van der Waals surface area contributed by atoms with Crippen molar-refractivity contribution < 1.29 is 24.6 Å². The van der Waals surface area contributed by atoms with Gasteiger partial charge < -0.3 is 19.8 Å². The van der Waals surface area contributed by atoms with Crippen molar-refractivity contribution >= 4 is 17.7 Å². The summed E-state index contributed by atoms with van der Waals surface area (Å²) in [5.74, 6) is -3.81. The van der Waals surface area contributed by atoms with Crippen LogP contribution in [0.15, 0.2) is 24.3 Å². The molecule has 0 saturated heterocycles. The van der Waals surface area contributed by atoms with Crippen molar-refractivity contribution in [3.63, 3.8) is 0 Å². The number of carboxylic acids is 2. The largest absolute Gasteiger partial charge is 0.545 e. The van der Waals surface area contributed by atoms with Crippen LogP contribution >= 0.6 is 0 Å². The molecule has 0 aliphatic carbocycles. The molecule has 64 valence electrons. The SMILES string of the molecule is O=C([O-])C=CC(=O)/C=C/C(=O)[O-]. The number of ketones is 1. The monoisotopic (exact) mass is 168 g/mol. The van der Waals surface area contributed by atoms with E-state index >= 15 is 0 Å². The molecule has 5 nitrogen and oxygen atoms in total. The first-order valence-corrected chi connectivity index (χ1v) is 2.84. The van der Waals surface area contributed by atoms with Gasteiger partial charge in [-0.2, -0.15) is 0 Å². The maximum absolute atomic E-state index is 10.5. The highest BCUT2D eigenvalue weighted by Gasteiger charge is 1.86. The van der Waals surface area contributed by atoms with Crippen LogP contribution in [0.5, 0.6) is 0 Å². The van der Waals surface area contributed by atoms with Gasteiger partial charge >= 0.3 is 0 Å². The van der Waals surface area contributed by atoms with Crippen molar-refractivity contribution in [1.82, 2.24) is 0 Å². The zero-order chi connectivity index (χ0) is 9.56. The summed E-state index contributed by atoms with van der Waals surface area (Å²) in [6.45, 7) is 0. The van der Waals surface area contributed by atoms with Crippen molar-refractivity contribution in [1.29, 1.82) is 0 Å². The first-order valence-electron chi connectivity index (χ1n) is 2.84. The molecule has 0 amide bonds. The van der Waals surface area contributed by atoms with Crippen LogP contribution in [-0.2, 0) is 14.4 Å². The molecule has 0 rings (SSSR count). The molecule has 0 spiro atoms. The highest BCUT2D eigenvalue weighted by atomic mass is 16.4. The predicted molar refractivity (Wildman–Crippen MR) is 33.3 cm³/mol. The van der Waals surface area contributed by atoms with Crippen LogP contribution in [-0.4, -0.2) is 17.7 Å². The van der Waals surface area contributed by atoms with E-state index in [0.29, 0.717) is 24.3 Å². The second kappa shape index (κ2) is 4.84. The van der Waals surface area contributed by atoms with Crippen LogP contribution in [0.2, 0.25) is 0 Å². The molecule has 0 heterocycles. The number of allylic oxidation sites excluding steroid dienone is 2. The maximum Gasteiger partial charge on any atom is 0.178 e. The summed E-state index contributed by atoms with van der Waals surface area (Å²) in [4.78, 5) is 30.0. The minimum Gasteiger partial charge on any atom is -0.545 e. The van der Waals surface area contributed by atoms with Crippen LogP contribution < -0.4 is 10.2 Å². The molecule has 0 aliphatic heterocycles. The minimum absolute atomic E-state index is 0.502. The molecular formula is C7H4O5-2. The van der Waals surface area contributed by atoms with Gasteiger partial charge in [-0.15, -0.1) is 0 Å². The Hall–Kier alpha value is -1.91. The number of carboxylic acid groups (broad SMARTS) is 2. The third kappa shape index (κ3) is 6.21. The van der Waals surface area contributed by atoms with E-state index in [0.717, 1.165) is 0 Å². The van der Waals surface area contributed by atoms with Crippen molar-refractivity contribution in [2.24, 2.45) is 0 Å². The second-order valence-electron chi connectivity index (χ2n) is 1.71. The van der Waals surface area contributed by atoms with Gasteiger partial charge in [0, 0.05) is 0 Å². The summed E-state index contributed by atoms with van der Waals surface area (Å²) in [7, 11) is 0. The van der Waals surface area contributed by atoms with Crippen molar-refractivity contribution in [2.75, 3.05) is 0 Å². The second-order valence-corrected chi connectivity index (χ2v) is 1.71. The lowest BCUT2D eigenvalue weighted by molar-refractivity contribution is -0.298. The molecule has 0 saturated carbocycles. The number of carbonyl (C=O) groups is 3. The Morgan fingerprint density at radius 3 is 1.33 bits per heavy atom. The normalized spacial score (nSPS) is 10.7. The van der Waals surface area contributed by atoms with E-state index in [1.807, 2.05) is 0 Å². The average Bonchev–Trinajstić information content (AvgIpc) is 1.96. The van der Waals surface area contributed by atoms with Gasteiger partial charge in [0.05, 0.1) is 11.9 Å². The van der Waals surface area contributed by atoms with Gasteiger partial charge in [-0.1, -0.05) is 0 Å². The Balaban J connectivity index is 4.07. The average molecular weight is 168 g/mol. The molecule has 0 fully saturated rings. The third-order valence-electron chi connectivity index (χ3n) is 0.767. The summed E-state index contributed by atoms with van der Waals surface area (Å²) in [6, 6.07) is 0. The molecule has 0 N–H and O–H groups in total. The van der Waals surface area contributed by atoms with Crippen molar-refractivity contribution in [3.05, 3.63) is 24.3 Å². The van der Waals surface area contributed by atoms with E-state index in [4.69, 9.17) is 0 Å². The van der Waals surface area contributed by atoms with Gasteiger partial charge in [0.1, 0.15) is 0 Å². The number of hydrogen-bond acceptors (Lipinski definition) is 5. The van der Waals surface area contributed by atoms with E-state index in [1.165, 1.54) is 0 Å². The van der Waals surface area contributed by atoms with Crippen molar-refractivity contribution in [2.45, 2.75) is 0 Å². The van der Waals surface area contributed by atoms with Crippen LogP contribution in [0.25, 0.3) is 0 Å². The smallest absolute Gasteiger partial charge is 0.178 e. The Labute approximate surface area is 67.6 Å². The van der Waals surface area contributed by atoms with E-state index in [2.05, 4.69) is 0 Å². The number of aliphatic carboxylic acids is 2. The minimum atomic E-state index is -1.52. The molecule has 0 unspecified atom stereocenters.